The lowest BCUT2D eigenvalue weighted by atomic mass is 10.1. The molecule has 1 aliphatic rings. The summed E-state index contributed by atoms with van der Waals surface area (Å²) in [5.41, 5.74) is 2.86. The second kappa shape index (κ2) is 9.78. The molecule has 4 rings (SSSR count). The maximum atomic E-state index is 13.3. The first-order valence-electron chi connectivity index (χ1n) is 10.2. The van der Waals surface area contributed by atoms with Gasteiger partial charge < -0.3 is 10.4 Å². The molecule has 1 amide bonds. The zero-order valence-electron chi connectivity index (χ0n) is 17.5. The van der Waals surface area contributed by atoms with E-state index in [-0.39, 0.29) is 17.9 Å². The average Bonchev–Trinajstić information content (AvgIpc) is 3.31. The van der Waals surface area contributed by atoms with Crippen LogP contribution in [0.25, 0.3) is 11.1 Å². The van der Waals surface area contributed by atoms with E-state index in [1.54, 1.807) is 48.5 Å². The van der Waals surface area contributed by atoms with Crippen LogP contribution in [0.1, 0.15) is 5.56 Å². The zero-order chi connectivity index (χ0) is 23.4. The van der Waals surface area contributed by atoms with Crippen molar-refractivity contribution in [1.29, 1.82) is 0 Å². The molecule has 0 bridgehead atoms. The first-order valence-corrected chi connectivity index (χ1v) is 12.7. The van der Waals surface area contributed by atoms with Crippen LogP contribution < -0.4 is 5.32 Å². The number of nitrogens with one attached hydrogen (secondary N) is 1. The first kappa shape index (κ1) is 23.0. The molecular formula is C24H22N2O5S2. The Morgan fingerprint density at radius 2 is 1.67 bits per heavy atom. The van der Waals surface area contributed by atoms with Crippen molar-refractivity contribution in [2.75, 3.05) is 17.6 Å². The van der Waals surface area contributed by atoms with E-state index in [1.165, 1.54) is 16.1 Å². The SMILES string of the molecule is O=C(O)Cc1cccc(NC(=O)C2SCCN2S(=O)(=O)c2ccc(-c3ccccc3)cc2)c1. The fourth-order valence-electron chi connectivity index (χ4n) is 3.63. The number of carboxylic acids is 1. The molecule has 1 fully saturated rings. The predicted molar refractivity (Wildman–Crippen MR) is 128 cm³/mol. The molecular weight excluding hydrogens is 460 g/mol. The number of hydrogen-bond donors (Lipinski definition) is 2. The van der Waals surface area contributed by atoms with Crippen molar-refractivity contribution in [1.82, 2.24) is 4.31 Å². The van der Waals surface area contributed by atoms with Gasteiger partial charge in [-0.2, -0.15) is 4.31 Å². The Kier molecular flexibility index (Phi) is 6.83. The molecule has 3 aromatic carbocycles. The van der Waals surface area contributed by atoms with Crippen LogP contribution in [-0.4, -0.2) is 47.4 Å². The van der Waals surface area contributed by atoms with Gasteiger partial charge in [-0.15, -0.1) is 11.8 Å². The van der Waals surface area contributed by atoms with Gasteiger partial charge in [0.05, 0.1) is 11.3 Å². The molecule has 0 radical (unpaired) electrons. The van der Waals surface area contributed by atoms with Crippen LogP contribution in [0.15, 0.2) is 83.8 Å². The minimum absolute atomic E-state index is 0.130. The smallest absolute Gasteiger partial charge is 0.307 e. The Hall–Kier alpha value is -3.14. The number of carbonyl (C=O) groups is 2. The van der Waals surface area contributed by atoms with E-state index in [2.05, 4.69) is 5.32 Å². The number of anilines is 1. The highest BCUT2D eigenvalue weighted by molar-refractivity contribution is 8.02. The molecule has 1 atom stereocenters. The fourth-order valence-corrected chi connectivity index (χ4v) is 6.71. The molecule has 0 spiro atoms. The summed E-state index contributed by atoms with van der Waals surface area (Å²) >= 11 is 1.25. The third-order valence-electron chi connectivity index (χ3n) is 5.19. The van der Waals surface area contributed by atoms with Crippen LogP contribution in [0.4, 0.5) is 5.69 Å². The molecule has 0 aromatic heterocycles. The van der Waals surface area contributed by atoms with Crippen molar-refractivity contribution in [2.24, 2.45) is 0 Å². The minimum Gasteiger partial charge on any atom is -0.481 e. The van der Waals surface area contributed by atoms with Crippen molar-refractivity contribution in [3.8, 4) is 11.1 Å². The van der Waals surface area contributed by atoms with E-state index >= 15 is 0 Å². The lowest BCUT2D eigenvalue weighted by Crippen LogP contribution is -2.41. The maximum Gasteiger partial charge on any atom is 0.307 e. The fraction of sp³-hybridized carbons (Fsp3) is 0.167. The third-order valence-corrected chi connectivity index (χ3v) is 8.41. The van der Waals surface area contributed by atoms with Gasteiger partial charge in [0.25, 0.3) is 5.91 Å². The second-order valence-electron chi connectivity index (χ2n) is 7.49. The third kappa shape index (κ3) is 5.27. The Morgan fingerprint density at radius 3 is 2.36 bits per heavy atom. The molecule has 7 nitrogen and oxygen atoms in total. The summed E-state index contributed by atoms with van der Waals surface area (Å²) in [5, 5.41) is 10.8. The number of carbonyl (C=O) groups excluding carboxylic acids is 1. The molecule has 1 aliphatic heterocycles. The minimum atomic E-state index is -3.87. The summed E-state index contributed by atoms with van der Waals surface area (Å²) in [6, 6.07) is 22.8. The summed E-state index contributed by atoms with van der Waals surface area (Å²) in [6.45, 7) is 0.227. The lowest BCUT2D eigenvalue weighted by molar-refractivity contribution is -0.136. The van der Waals surface area contributed by atoms with Crippen molar-refractivity contribution in [2.45, 2.75) is 16.7 Å². The Bertz CT molecular complexity index is 1260. The number of hydrogen-bond acceptors (Lipinski definition) is 5. The summed E-state index contributed by atoms with van der Waals surface area (Å²) < 4.78 is 27.8. The summed E-state index contributed by atoms with van der Waals surface area (Å²) in [6.07, 6.45) is -0.165. The predicted octanol–water partition coefficient (Wildman–Crippen LogP) is 3.68. The van der Waals surface area contributed by atoms with Crippen molar-refractivity contribution >= 4 is 39.3 Å². The summed E-state index contributed by atoms with van der Waals surface area (Å²) in [4.78, 5) is 24.0. The van der Waals surface area contributed by atoms with Gasteiger partial charge in [-0.1, -0.05) is 54.6 Å². The van der Waals surface area contributed by atoms with Crippen molar-refractivity contribution in [3.05, 3.63) is 84.4 Å². The highest BCUT2D eigenvalue weighted by Crippen LogP contribution is 2.32. The highest BCUT2D eigenvalue weighted by atomic mass is 32.2. The highest BCUT2D eigenvalue weighted by Gasteiger charge is 2.40. The molecule has 0 aliphatic carbocycles. The van der Waals surface area contributed by atoms with E-state index in [0.717, 1.165) is 11.1 Å². The Balaban J connectivity index is 1.51. The van der Waals surface area contributed by atoms with Gasteiger partial charge in [-0.25, -0.2) is 8.42 Å². The molecule has 33 heavy (non-hydrogen) atoms. The molecule has 2 N–H and O–H groups in total. The number of sulfonamides is 1. The maximum absolute atomic E-state index is 13.3. The van der Waals surface area contributed by atoms with Crippen LogP contribution in [0.5, 0.6) is 0 Å². The van der Waals surface area contributed by atoms with Gasteiger partial charge in [0.2, 0.25) is 10.0 Å². The quantitative estimate of drug-likeness (QED) is 0.532. The monoisotopic (exact) mass is 482 g/mol. The number of rotatable bonds is 7. The van der Waals surface area contributed by atoms with Crippen LogP contribution in [-0.2, 0) is 26.0 Å². The van der Waals surface area contributed by atoms with E-state index in [0.29, 0.717) is 17.0 Å². The first-order chi connectivity index (χ1) is 15.8. The van der Waals surface area contributed by atoms with Gasteiger partial charge in [0.15, 0.2) is 0 Å². The lowest BCUT2D eigenvalue weighted by Gasteiger charge is -2.22. The normalized spacial score (nSPS) is 16.4. The Labute approximate surface area is 196 Å². The molecule has 0 saturated carbocycles. The Morgan fingerprint density at radius 1 is 0.970 bits per heavy atom. The molecule has 1 unspecified atom stereocenters. The molecule has 1 saturated heterocycles. The standard InChI is InChI=1S/C24H22N2O5S2/c27-22(28)16-17-5-4-8-20(15-17)25-23(29)24-26(13-14-32-24)33(30,31)21-11-9-19(10-12-21)18-6-2-1-3-7-18/h1-12,15,24H,13-14,16H2,(H,25,29)(H,27,28). The number of amides is 1. The number of thioether (sulfide) groups is 1. The van der Waals surface area contributed by atoms with E-state index in [9.17, 15) is 18.0 Å². The number of benzene rings is 3. The zero-order valence-corrected chi connectivity index (χ0v) is 19.2. The van der Waals surface area contributed by atoms with Crippen LogP contribution in [0.2, 0.25) is 0 Å². The van der Waals surface area contributed by atoms with Gasteiger partial charge in [0.1, 0.15) is 5.37 Å². The molecule has 1 heterocycles. The van der Waals surface area contributed by atoms with Gasteiger partial charge in [-0.3, -0.25) is 9.59 Å². The number of carboxylic acid groups (broad SMARTS) is 1. The average molecular weight is 483 g/mol. The number of aliphatic carboxylic acids is 1. The number of nitrogens with zero attached hydrogens (tertiary/aromatic N) is 1. The van der Waals surface area contributed by atoms with Crippen molar-refractivity contribution in [3.63, 3.8) is 0 Å². The van der Waals surface area contributed by atoms with Crippen LogP contribution >= 0.6 is 11.8 Å². The van der Waals surface area contributed by atoms with E-state index in [1.807, 2.05) is 30.3 Å². The van der Waals surface area contributed by atoms with E-state index in [4.69, 9.17) is 5.11 Å². The van der Waals surface area contributed by atoms with Crippen LogP contribution in [0.3, 0.4) is 0 Å². The van der Waals surface area contributed by atoms with E-state index < -0.39 is 27.3 Å². The largest absolute Gasteiger partial charge is 0.481 e. The van der Waals surface area contributed by atoms with Gasteiger partial charge >= 0.3 is 5.97 Å². The second-order valence-corrected chi connectivity index (χ2v) is 10.6. The van der Waals surface area contributed by atoms with Gasteiger partial charge in [0, 0.05) is 18.0 Å². The van der Waals surface area contributed by atoms with Crippen LogP contribution in [0, 0.1) is 0 Å². The molecule has 170 valence electrons. The van der Waals surface area contributed by atoms with Crippen molar-refractivity contribution < 1.29 is 23.1 Å². The van der Waals surface area contributed by atoms with Gasteiger partial charge in [-0.05, 0) is 41.0 Å². The summed E-state index contributed by atoms with van der Waals surface area (Å²) in [7, 11) is -3.87. The molecule has 9 heteroatoms. The summed E-state index contributed by atoms with van der Waals surface area (Å²) in [5.74, 6) is -0.937. The topological polar surface area (TPSA) is 104 Å². The molecule has 3 aromatic rings.